The number of unbranched alkanes of at least 4 members (excludes halogenated alkanes) is 28. The molecular weight excluding hydrogens is 618 g/mol. The lowest BCUT2D eigenvalue weighted by molar-refractivity contribution is -0.124. The molecule has 1 amide bonds. The second-order valence-electron chi connectivity index (χ2n) is 15.2. The number of allylic oxidation sites excluding steroid dienone is 4. The average molecular weight is 706 g/mol. The van der Waals surface area contributed by atoms with Crippen LogP contribution in [-0.4, -0.2) is 46.1 Å². The molecule has 0 aromatic heterocycles. The molecule has 0 spiro atoms. The van der Waals surface area contributed by atoms with E-state index >= 15 is 0 Å². The summed E-state index contributed by atoms with van der Waals surface area (Å²) in [7, 11) is 0. The summed E-state index contributed by atoms with van der Waals surface area (Å²) < 4.78 is 0. The van der Waals surface area contributed by atoms with Gasteiger partial charge in [-0.15, -0.1) is 0 Å². The molecule has 0 aliphatic heterocycles. The lowest BCUT2D eigenvalue weighted by Gasteiger charge is -2.26. The molecule has 5 heteroatoms. The van der Waals surface area contributed by atoms with Crippen molar-refractivity contribution in [3.05, 3.63) is 24.3 Å². The van der Waals surface area contributed by atoms with Crippen LogP contribution >= 0.6 is 0 Å². The van der Waals surface area contributed by atoms with E-state index in [-0.39, 0.29) is 12.5 Å². The minimum atomic E-state index is -1.15. The first kappa shape index (κ1) is 48.8. The Balaban J connectivity index is 3.50. The highest BCUT2D eigenvalue weighted by atomic mass is 16.3. The van der Waals surface area contributed by atoms with E-state index in [1.54, 1.807) is 0 Å². The number of hydrogen-bond acceptors (Lipinski definition) is 4. The maximum absolute atomic E-state index is 12.4. The van der Waals surface area contributed by atoms with Gasteiger partial charge in [-0.2, -0.15) is 0 Å². The van der Waals surface area contributed by atoms with E-state index in [1.807, 2.05) is 0 Å². The topological polar surface area (TPSA) is 89.8 Å². The number of amides is 1. The maximum Gasteiger partial charge on any atom is 0.220 e. The van der Waals surface area contributed by atoms with Crippen LogP contribution in [0.25, 0.3) is 0 Å². The fourth-order valence-electron chi connectivity index (χ4n) is 6.80. The van der Waals surface area contributed by atoms with Crippen LogP contribution in [0, 0.1) is 0 Å². The minimum Gasteiger partial charge on any atom is -0.394 e. The molecule has 4 N–H and O–H groups in total. The normalized spacial score (nSPS) is 13.8. The van der Waals surface area contributed by atoms with Gasteiger partial charge in [-0.25, -0.2) is 0 Å². The number of carbonyl (C=O) groups excluding carboxylic acids is 1. The predicted molar refractivity (Wildman–Crippen MR) is 218 cm³/mol. The van der Waals surface area contributed by atoms with Crippen molar-refractivity contribution in [3.63, 3.8) is 0 Å². The average Bonchev–Trinajstić information content (AvgIpc) is 3.12. The van der Waals surface area contributed by atoms with E-state index < -0.39 is 18.2 Å². The largest absolute Gasteiger partial charge is 0.394 e. The molecule has 3 atom stereocenters. The van der Waals surface area contributed by atoms with Crippen LogP contribution in [0.3, 0.4) is 0 Å². The van der Waals surface area contributed by atoms with Crippen LogP contribution in [0.4, 0.5) is 0 Å². The van der Waals surface area contributed by atoms with Gasteiger partial charge in [0.15, 0.2) is 0 Å². The van der Waals surface area contributed by atoms with Crippen LogP contribution in [0.15, 0.2) is 24.3 Å². The van der Waals surface area contributed by atoms with E-state index in [0.29, 0.717) is 12.8 Å². The smallest absolute Gasteiger partial charge is 0.220 e. The first-order valence-corrected chi connectivity index (χ1v) is 22.1. The summed E-state index contributed by atoms with van der Waals surface area (Å²) in [4.78, 5) is 12.4. The van der Waals surface area contributed by atoms with Crippen molar-refractivity contribution in [1.29, 1.82) is 0 Å². The highest BCUT2D eigenvalue weighted by Gasteiger charge is 2.26. The Labute approximate surface area is 312 Å². The van der Waals surface area contributed by atoms with Crippen molar-refractivity contribution < 1.29 is 20.1 Å². The number of rotatable bonds is 40. The minimum absolute atomic E-state index is 0.156. The Hall–Kier alpha value is -1.17. The molecule has 0 aromatic rings. The van der Waals surface area contributed by atoms with Crippen LogP contribution in [0.1, 0.15) is 232 Å². The summed E-state index contributed by atoms with van der Waals surface area (Å²) in [5.74, 6) is -0.156. The fraction of sp³-hybridized carbons (Fsp3) is 0.889. The number of nitrogens with one attached hydrogen (secondary N) is 1. The summed E-state index contributed by atoms with van der Waals surface area (Å²) >= 11 is 0. The molecule has 3 unspecified atom stereocenters. The number of hydrogen-bond donors (Lipinski definition) is 4. The second-order valence-corrected chi connectivity index (χ2v) is 15.2. The zero-order chi connectivity index (χ0) is 36.6. The molecule has 0 aliphatic rings. The Morgan fingerprint density at radius 3 is 1.20 bits per heavy atom. The van der Waals surface area contributed by atoms with Gasteiger partial charge in [0.25, 0.3) is 0 Å². The summed E-state index contributed by atoms with van der Waals surface area (Å²) in [5.41, 5.74) is 0. The van der Waals surface area contributed by atoms with Gasteiger partial charge in [-0.05, 0) is 64.2 Å². The highest BCUT2D eigenvalue weighted by Crippen LogP contribution is 2.15. The van der Waals surface area contributed by atoms with Gasteiger partial charge < -0.3 is 20.6 Å². The van der Waals surface area contributed by atoms with Crippen molar-refractivity contribution in [3.8, 4) is 0 Å². The summed E-state index contributed by atoms with van der Waals surface area (Å²) in [5, 5.41) is 33.2. The van der Waals surface area contributed by atoms with Crippen molar-refractivity contribution in [1.82, 2.24) is 5.32 Å². The standard InChI is InChI=1S/C45H87NO4/c1-3-5-7-9-11-13-14-15-16-17-18-19-20-21-22-23-24-25-26-27-28-29-30-31-32-34-36-38-40-44(49)46-42(41-47)45(50)43(48)39-37-35-33-12-10-8-6-4-2/h12,21-22,33,42-43,45,47-48,50H,3-11,13-20,23-32,34-41H2,1-2H3,(H,46,49)/b22-21-,33-12+. The van der Waals surface area contributed by atoms with E-state index in [4.69, 9.17) is 0 Å². The van der Waals surface area contributed by atoms with Crippen molar-refractivity contribution in [2.75, 3.05) is 6.61 Å². The molecule has 0 radical (unpaired) electrons. The molecule has 5 nitrogen and oxygen atoms in total. The lowest BCUT2D eigenvalue weighted by atomic mass is 10.0. The molecule has 0 saturated carbocycles. The second kappa shape index (κ2) is 40.6. The van der Waals surface area contributed by atoms with Crippen LogP contribution < -0.4 is 5.32 Å². The van der Waals surface area contributed by atoms with Crippen molar-refractivity contribution in [2.45, 2.75) is 250 Å². The molecular formula is C45H87NO4. The van der Waals surface area contributed by atoms with Crippen LogP contribution in [0.2, 0.25) is 0 Å². The van der Waals surface area contributed by atoms with Crippen molar-refractivity contribution >= 4 is 5.91 Å². The maximum atomic E-state index is 12.4. The number of carbonyl (C=O) groups is 1. The van der Waals surface area contributed by atoms with E-state index in [0.717, 1.165) is 38.5 Å². The number of aliphatic hydroxyl groups is 3. The van der Waals surface area contributed by atoms with E-state index in [9.17, 15) is 20.1 Å². The SMILES string of the molecule is CCCCC/C=C/CCCC(O)C(O)C(CO)NC(=O)CCCCCCCCCCCCCC/C=C\CCCCCCCCCCCCCC. The van der Waals surface area contributed by atoms with Gasteiger partial charge >= 0.3 is 0 Å². The lowest BCUT2D eigenvalue weighted by Crippen LogP contribution is -2.50. The van der Waals surface area contributed by atoms with Gasteiger partial charge in [-0.3, -0.25) is 4.79 Å². The predicted octanol–water partition coefficient (Wildman–Crippen LogP) is 12.6. The van der Waals surface area contributed by atoms with Crippen LogP contribution in [0.5, 0.6) is 0 Å². The van der Waals surface area contributed by atoms with Crippen molar-refractivity contribution in [2.24, 2.45) is 0 Å². The van der Waals surface area contributed by atoms with E-state index in [2.05, 4.69) is 43.5 Å². The molecule has 50 heavy (non-hydrogen) atoms. The Bertz CT molecular complexity index is 739. The summed E-state index contributed by atoms with van der Waals surface area (Å²) in [6, 6.07) is -0.822. The quantitative estimate of drug-likeness (QED) is 0.0377. The molecule has 0 aromatic carbocycles. The van der Waals surface area contributed by atoms with Gasteiger partial charge in [-0.1, -0.05) is 186 Å². The summed E-state index contributed by atoms with van der Waals surface area (Å²) in [6.45, 7) is 4.11. The van der Waals surface area contributed by atoms with E-state index in [1.165, 1.54) is 167 Å². The fourth-order valence-corrected chi connectivity index (χ4v) is 6.80. The van der Waals surface area contributed by atoms with Gasteiger partial charge in [0, 0.05) is 6.42 Å². The Kier molecular flexibility index (Phi) is 39.6. The zero-order valence-corrected chi connectivity index (χ0v) is 33.5. The molecule has 0 fully saturated rings. The third kappa shape index (κ3) is 35.2. The third-order valence-electron chi connectivity index (χ3n) is 10.3. The zero-order valence-electron chi connectivity index (χ0n) is 33.5. The van der Waals surface area contributed by atoms with Crippen LogP contribution in [-0.2, 0) is 4.79 Å². The van der Waals surface area contributed by atoms with Gasteiger partial charge in [0.05, 0.1) is 18.8 Å². The Morgan fingerprint density at radius 2 is 0.800 bits per heavy atom. The molecule has 296 valence electrons. The number of aliphatic hydroxyl groups excluding tert-OH is 3. The third-order valence-corrected chi connectivity index (χ3v) is 10.3. The first-order chi connectivity index (χ1) is 24.6. The van der Waals surface area contributed by atoms with Gasteiger partial charge in [0.2, 0.25) is 5.91 Å². The highest BCUT2D eigenvalue weighted by molar-refractivity contribution is 5.76. The molecule has 0 rings (SSSR count). The first-order valence-electron chi connectivity index (χ1n) is 22.1. The molecule has 0 heterocycles. The molecule has 0 aliphatic carbocycles. The van der Waals surface area contributed by atoms with Gasteiger partial charge in [0.1, 0.15) is 6.10 Å². The Morgan fingerprint density at radius 1 is 0.480 bits per heavy atom. The summed E-state index contributed by atoms with van der Waals surface area (Å²) in [6.07, 6.45) is 48.9. The molecule has 0 bridgehead atoms. The monoisotopic (exact) mass is 706 g/mol. The molecule has 0 saturated heterocycles.